The molecule has 3 rings (SSSR count). The van der Waals surface area contributed by atoms with Crippen LogP contribution in [-0.4, -0.2) is 18.9 Å². The summed E-state index contributed by atoms with van der Waals surface area (Å²) in [4.78, 5) is 26.2. The zero-order chi connectivity index (χ0) is 19.9. The number of hydrogen-bond donors (Lipinski definition) is 1. The first-order chi connectivity index (χ1) is 13.5. The van der Waals surface area contributed by atoms with Crippen molar-refractivity contribution < 1.29 is 9.59 Å². The van der Waals surface area contributed by atoms with E-state index in [1.54, 1.807) is 54.4 Å². The van der Waals surface area contributed by atoms with Crippen LogP contribution in [0.15, 0.2) is 84.9 Å². The molecule has 2 amide bonds. The van der Waals surface area contributed by atoms with Crippen molar-refractivity contribution in [3.63, 3.8) is 0 Å². The number of carbonyl (C=O) groups excluding carboxylic acids is 2. The largest absolute Gasteiger partial charge is 0.323 e. The molecule has 0 heterocycles. The van der Waals surface area contributed by atoms with Gasteiger partial charge in [-0.2, -0.15) is 0 Å². The zero-order valence-corrected chi connectivity index (χ0v) is 16.1. The fraction of sp³-hybridized carbons (Fsp3) is 0.0435. The molecule has 28 heavy (non-hydrogen) atoms. The molecule has 0 unspecified atom stereocenters. The van der Waals surface area contributed by atoms with Crippen LogP contribution in [0.1, 0.15) is 15.9 Å². The first-order valence-electron chi connectivity index (χ1n) is 8.71. The Hall–Kier alpha value is -3.37. The van der Waals surface area contributed by atoms with Crippen LogP contribution in [0, 0.1) is 0 Å². The molecule has 4 nitrogen and oxygen atoms in total. The van der Waals surface area contributed by atoms with Gasteiger partial charge in [-0.15, -0.1) is 0 Å². The number of hydrogen-bond acceptors (Lipinski definition) is 2. The van der Waals surface area contributed by atoms with Crippen LogP contribution in [-0.2, 0) is 4.79 Å². The van der Waals surface area contributed by atoms with Gasteiger partial charge in [0, 0.05) is 35.1 Å². The van der Waals surface area contributed by atoms with Crippen molar-refractivity contribution in [2.24, 2.45) is 0 Å². The van der Waals surface area contributed by atoms with Gasteiger partial charge in [0.2, 0.25) is 5.91 Å². The highest BCUT2D eigenvalue weighted by molar-refractivity contribution is 6.30. The molecule has 0 bridgehead atoms. The second-order valence-corrected chi connectivity index (χ2v) is 6.59. The second kappa shape index (κ2) is 9.02. The number of halogens is 1. The van der Waals surface area contributed by atoms with Crippen LogP contribution in [0.3, 0.4) is 0 Å². The number of benzene rings is 3. The lowest BCUT2D eigenvalue weighted by Crippen LogP contribution is -2.26. The average Bonchev–Trinajstić information content (AvgIpc) is 2.73. The van der Waals surface area contributed by atoms with Crippen molar-refractivity contribution in [2.45, 2.75) is 0 Å². The molecule has 0 fully saturated rings. The standard InChI is InChI=1S/C23H19ClN2O2/c1-26(21-5-3-2-4-6-21)23(28)18-10-14-20(15-11-18)25-22(27)16-9-17-7-12-19(24)13-8-17/h2-16H,1H3,(H,25,27)/b16-9+. The Labute approximate surface area is 169 Å². The van der Waals surface area contributed by atoms with Crippen LogP contribution in [0.2, 0.25) is 5.02 Å². The van der Waals surface area contributed by atoms with Gasteiger partial charge in [-0.25, -0.2) is 0 Å². The molecule has 0 radical (unpaired) electrons. The van der Waals surface area contributed by atoms with Gasteiger partial charge < -0.3 is 10.2 Å². The van der Waals surface area contributed by atoms with Crippen molar-refractivity contribution in [1.29, 1.82) is 0 Å². The molecule has 1 N–H and O–H groups in total. The third-order valence-corrected chi connectivity index (χ3v) is 4.40. The Bertz CT molecular complexity index is 981. The van der Waals surface area contributed by atoms with E-state index in [1.165, 1.54) is 6.08 Å². The summed E-state index contributed by atoms with van der Waals surface area (Å²) in [6, 6.07) is 23.4. The third-order valence-electron chi connectivity index (χ3n) is 4.14. The highest BCUT2D eigenvalue weighted by atomic mass is 35.5. The smallest absolute Gasteiger partial charge is 0.258 e. The number of amides is 2. The topological polar surface area (TPSA) is 49.4 Å². The Morgan fingerprint density at radius 1 is 0.893 bits per heavy atom. The summed E-state index contributed by atoms with van der Waals surface area (Å²) in [6.45, 7) is 0. The van der Waals surface area contributed by atoms with Crippen LogP contribution in [0.5, 0.6) is 0 Å². The first-order valence-corrected chi connectivity index (χ1v) is 9.08. The predicted octanol–water partition coefficient (Wildman–Crippen LogP) is 5.27. The van der Waals surface area contributed by atoms with Gasteiger partial charge in [0.05, 0.1) is 0 Å². The fourth-order valence-electron chi connectivity index (χ4n) is 2.59. The Balaban J connectivity index is 1.61. The van der Waals surface area contributed by atoms with Gasteiger partial charge >= 0.3 is 0 Å². The molecule has 0 atom stereocenters. The highest BCUT2D eigenvalue weighted by Gasteiger charge is 2.13. The summed E-state index contributed by atoms with van der Waals surface area (Å²) in [5.74, 6) is -0.373. The normalized spacial score (nSPS) is 10.6. The minimum atomic E-state index is -0.254. The molecule has 5 heteroatoms. The Morgan fingerprint density at radius 3 is 2.18 bits per heavy atom. The highest BCUT2D eigenvalue weighted by Crippen LogP contribution is 2.17. The number of anilines is 2. The van der Waals surface area contributed by atoms with Crippen molar-refractivity contribution in [2.75, 3.05) is 17.3 Å². The molecule has 0 saturated carbocycles. The van der Waals surface area contributed by atoms with Crippen LogP contribution >= 0.6 is 11.6 Å². The minimum absolute atomic E-state index is 0.119. The van der Waals surface area contributed by atoms with Gasteiger partial charge in [0.25, 0.3) is 5.91 Å². The van der Waals surface area contributed by atoms with Gasteiger partial charge in [-0.1, -0.05) is 41.9 Å². The summed E-state index contributed by atoms with van der Waals surface area (Å²) in [5, 5.41) is 3.42. The van der Waals surface area contributed by atoms with E-state index in [9.17, 15) is 9.59 Å². The van der Waals surface area contributed by atoms with E-state index in [4.69, 9.17) is 11.6 Å². The number of nitrogens with zero attached hydrogens (tertiary/aromatic N) is 1. The molecule has 0 aliphatic rings. The van der Waals surface area contributed by atoms with E-state index in [0.29, 0.717) is 16.3 Å². The maximum absolute atomic E-state index is 12.6. The fourth-order valence-corrected chi connectivity index (χ4v) is 2.71. The predicted molar refractivity (Wildman–Crippen MR) is 115 cm³/mol. The molecule has 3 aromatic rings. The Morgan fingerprint density at radius 2 is 1.54 bits per heavy atom. The average molecular weight is 391 g/mol. The van der Waals surface area contributed by atoms with Crippen molar-refractivity contribution >= 4 is 40.9 Å². The SMILES string of the molecule is CN(C(=O)c1ccc(NC(=O)/C=C/c2ccc(Cl)cc2)cc1)c1ccccc1. The van der Waals surface area contributed by atoms with Crippen molar-refractivity contribution in [3.8, 4) is 0 Å². The van der Waals surface area contributed by atoms with E-state index in [2.05, 4.69) is 5.32 Å². The van der Waals surface area contributed by atoms with Gasteiger partial charge in [-0.05, 0) is 60.2 Å². The molecular weight excluding hydrogens is 372 g/mol. The molecule has 0 spiro atoms. The number of nitrogens with one attached hydrogen (secondary N) is 1. The lowest BCUT2D eigenvalue weighted by atomic mass is 10.1. The minimum Gasteiger partial charge on any atom is -0.323 e. The van der Waals surface area contributed by atoms with E-state index >= 15 is 0 Å². The molecule has 0 aromatic heterocycles. The number of para-hydroxylation sites is 1. The third kappa shape index (κ3) is 5.09. The van der Waals surface area contributed by atoms with Crippen molar-refractivity contribution in [3.05, 3.63) is 101 Å². The quantitative estimate of drug-likeness (QED) is 0.603. The maximum atomic E-state index is 12.6. The summed E-state index contributed by atoms with van der Waals surface area (Å²) in [7, 11) is 1.73. The Kier molecular flexibility index (Phi) is 6.25. The van der Waals surface area contributed by atoms with Crippen LogP contribution < -0.4 is 10.2 Å². The monoisotopic (exact) mass is 390 g/mol. The van der Waals surface area contributed by atoms with Gasteiger partial charge in [0.1, 0.15) is 0 Å². The van der Waals surface area contributed by atoms with Gasteiger partial charge in [0.15, 0.2) is 0 Å². The maximum Gasteiger partial charge on any atom is 0.258 e. The van der Waals surface area contributed by atoms with E-state index < -0.39 is 0 Å². The first kappa shape index (κ1) is 19.4. The summed E-state index contributed by atoms with van der Waals surface area (Å²) in [6.07, 6.45) is 3.16. The molecule has 0 saturated heterocycles. The zero-order valence-electron chi connectivity index (χ0n) is 15.3. The molecule has 140 valence electrons. The van der Waals surface area contributed by atoms with E-state index in [-0.39, 0.29) is 11.8 Å². The summed E-state index contributed by atoms with van der Waals surface area (Å²) < 4.78 is 0. The van der Waals surface area contributed by atoms with Gasteiger partial charge in [-0.3, -0.25) is 9.59 Å². The number of rotatable bonds is 5. The molecule has 0 aliphatic carbocycles. The molecule has 3 aromatic carbocycles. The lowest BCUT2D eigenvalue weighted by molar-refractivity contribution is -0.111. The molecular formula is C23H19ClN2O2. The van der Waals surface area contributed by atoms with E-state index in [0.717, 1.165) is 11.3 Å². The molecule has 0 aliphatic heterocycles. The summed E-state index contributed by atoms with van der Waals surface area (Å²) in [5.41, 5.74) is 2.85. The van der Waals surface area contributed by atoms with Crippen LogP contribution in [0.25, 0.3) is 6.08 Å². The lowest BCUT2D eigenvalue weighted by Gasteiger charge is -2.17. The van der Waals surface area contributed by atoms with E-state index in [1.807, 2.05) is 42.5 Å². The second-order valence-electron chi connectivity index (χ2n) is 6.15. The number of carbonyl (C=O) groups is 2. The summed E-state index contributed by atoms with van der Waals surface area (Å²) >= 11 is 5.84. The van der Waals surface area contributed by atoms with Crippen molar-refractivity contribution in [1.82, 2.24) is 0 Å². The van der Waals surface area contributed by atoms with Crippen LogP contribution in [0.4, 0.5) is 11.4 Å².